The lowest BCUT2D eigenvalue weighted by Crippen LogP contribution is -2.04. The molecule has 1 aromatic carbocycles. The molecule has 0 saturated heterocycles. The van der Waals surface area contributed by atoms with Crippen molar-refractivity contribution in [3.63, 3.8) is 0 Å². The summed E-state index contributed by atoms with van der Waals surface area (Å²) < 4.78 is 68.5. The summed E-state index contributed by atoms with van der Waals surface area (Å²) in [5, 5.41) is 0. The van der Waals surface area contributed by atoms with Crippen molar-refractivity contribution in [3.8, 4) is 0 Å². The van der Waals surface area contributed by atoms with E-state index in [0.717, 1.165) is 0 Å². The van der Waals surface area contributed by atoms with Crippen LogP contribution in [0.2, 0.25) is 0 Å². The molecular formula is C22H52F4O3S. The fourth-order valence-corrected chi connectivity index (χ4v) is 1.47. The molecule has 0 amide bonds. The molecule has 0 aliphatic carbocycles. The van der Waals surface area contributed by atoms with Crippen molar-refractivity contribution >= 4 is 10.1 Å². The second-order valence-electron chi connectivity index (χ2n) is 4.65. The van der Waals surface area contributed by atoms with Gasteiger partial charge in [0.25, 0.3) is 10.1 Å². The number of hydrogen-bond acceptors (Lipinski definition) is 2. The molecule has 0 spiro atoms. The van der Waals surface area contributed by atoms with Crippen molar-refractivity contribution in [2.45, 2.75) is 90.3 Å². The summed E-state index contributed by atoms with van der Waals surface area (Å²) in [4.78, 5) is 0. The third-order valence-electron chi connectivity index (χ3n) is 2.42. The molecule has 0 saturated carbocycles. The first-order valence-corrected chi connectivity index (χ1v) is 9.21. The highest BCUT2D eigenvalue weighted by Crippen LogP contribution is 2.22. The second kappa shape index (κ2) is 38.5. The SMILES string of the molecule is C.C.C.C.C.C.CCC(F)CC(C)c1ccccc1.CCF.CS(=O)(=O)O.FCF. The van der Waals surface area contributed by atoms with Crippen molar-refractivity contribution in [3.05, 3.63) is 35.9 Å². The van der Waals surface area contributed by atoms with E-state index < -0.39 is 23.2 Å². The van der Waals surface area contributed by atoms with Crippen LogP contribution in [-0.4, -0.2) is 39.0 Å². The van der Waals surface area contributed by atoms with Gasteiger partial charge >= 0.3 is 0 Å². The number of benzene rings is 1. The Kier molecular flexibility index (Phi) is 72.8. The summed E-state index contributed by atoms with van der Waals surface area (Å²) in [5.74, 6) is 0.330. The molecule has 0 radical (unpaired) electrons. The molecule has 0 aliphatic heterocycles. The molecule has 192 valence electrons. The summed E-state index contributed by atoms with van der Waals surface area (Å²) >= 11 is 0. The summed E-state index contributed by atoms with van der Waals surface area (Å²) in [5.41, 5.74) is 1.23. The van der Waals surface area contributed by atoms with Crippen LogP contribution in [0.3, 0.4) is 0 Å². The van der Waals surface area contributed by atoms with Crippen LogP contribution in [0.4, 0.5) is 17.6 Å². The van der Waals surface area contributed by atoms with Crippen LogP contribution in [0, 0.1) is 0 Å². The maximum Gasteiger partial charge on any atom is 0.261 e. The zero-order chi connectivity index (χ0) is 19.6. The molecule has 8 heteroatoms. The van der Waals surface area contributed by atoms with Gasteiger partial charge in [-0.05, 0) is 31.2 Å². The molecule has 2 atom stereocenters. The molecule has 0 fully saturated rings. The Morgan fingerprint density at radius 1 is 0.900 bits per heavy atom. The van der Waals surface area contributed by atoms with Gasteiger partial charge in [0.2, 0.25) is 6.93 Å². The van der Waals surface area contributed by atoms with Crippen LogP contribution < -0.4 is 0 Å². The normalized spacial score (nSPS) is 9.77. The maximum absolute atomic E-state index is 13.1. The Labute approximate surface area is 187 Å². The van der Waals surface area contributed by atoms with Gasteiger partial charge in [0, 0.05) is 0 Å². The van der Waals surface area contributed by atoms with E-state index in [1.807, 2.05) is 25.1 Å². The monoisotopic (exact) mass is 472 g/mol. The zero-order valence-electron chi connectivity index (χ0n) is 14.6. The molecule has 1 aromatic rings. The minimum atomic E-state index is -3.67. The molecule has 1 rings (SSSR count). The lowest BCUT2D eigenvalue weighted by molar-refractivity contribution is 0.291. The van der Waals surface area contributed by atoms with E-state index >= 15 is 0 Å². The number of rotatable bonds is 4. The van der Waals surface area contributed by atoms with Crippen LogP contribution in [0.15, 0.2) is 30.3 Å². The molecular weight excluding hydrogens is 420 g/mol. The third kappa shape index (κ3) is 63.2. The van der Waals surface area contributed by atoms with E-state index in [1.165, 1.54) is 12.5 Å². The molecule has 0 bridgehead atoms. The van der Waals surface area contributed by atoms with E-state index in [4.69, 9.17) is 4.55 Å². The lowest BCUT2D eigenvalue weighted by atomic mass is 9.95. The predicted molar refractivity (Wildman–Crippen MR) is 131 cm³/mol. The van der Waals surface area contributed by atoms with Crippen molar-refractivity contribution in [1.29, 1.82) is 0 Å². The second-order valence-corrected chi connectivity index (χ2v) is 6.12. The van der Waals surface area contributed by atoms with Crippen molar-refractivity contribution in [2.75, 3.05) is 19.9 Å². The van der Waals surface area contributed by atoms with Gasteiger partial charge in [-0.2, -0.15) is 8.42 Å². The van der Waals surface area contributed by atoms with Crippen LogP contribution in [0.5, 0.6) is 0 Å². The average Bonchev–Trinajstić information content (AvgIpc) is 2.48. The van der Waals surface area contributed by atoms with Crippen LogP contribution in [0.25, 0.3) is 0 Å². The number of halogens is 4. The Bertz CT molecular complexity index is 449. The molecule has 30 heavy (non-hydrogen) atoms. The molecule has 2 unspecified atom stereocenters. The van der Waals surface area contributed by atoms with Crippen LogP contribution >= 0.6 is 0 Å². The molecule has 0 aliphatic rings. The number of alkyl halides is 4. The minimum absolute atomic E-state index is 0. The Morgan fingerprint density at radius 2 is 1.17 bits per heavy atom. The van der Waals surface area contributed by atoms with Gasteiger partial charge in [-0.1, -0.05) is 88.7 Å². The standard InChI is InChI=1S/C12H17F.C2H5F.CH2F2.CH4O3S.6CH4/c1-3-12(13)9-10(2)11-7-5-4-6-8-11;1-2-3;2-1-3;1-5(2,3)4;;;;;;/h4-8,10,12H,3,9H2,1-2H3;2H2,1H3;1H2;1H3,(H,2,3,4);6*1H4. The van der Waals surface area contributed by atoms with Gasteiger partial charge in [-0.3, -0.25) is 8.94 Å². The average molecular weight is 473 g/mol. The first-order valence-electron chi connectivity index (χ1n) is 7.36. The highest BCUT2D eigenvalue weighted by atomic mass is 32.2. The van der Waals surface area contributed by atoms with E-state index in [-0.39, 0.29) is 51.2 Å². The maximum atomic E-state index is 13.1. The van der Waals surface area contributed by atoms with E-state index in [0.29, 0.717) is 25.0 Å². The highest BCUT2D eigenvalue weighted by Gasteiger charge is 2.11. The Morgan fingerprint density at radius 3 is 1.40 bits per heavy atom. The van der Waals surface area contributed by atoms with Gasteiger partial charge in [0.05, 0.1) is 12.9 Å². The van der Waals surface area contributed by atoms with E-state index in [2.05, 4.69) is 19.1 Å². The lowest BCUT2D eigenvalue weighted by Gasteiger charge is -2.13. The van der Waals surface area contributed by atoms with Gasteiger partial charge in [0.15, 0.2) is 0 Å². The molecule has 0 heterocycles. The topological polar surface area (TPSA) is 54.4 Å². The van der Waals surface area contributed by atoms with Gasteiger partial charge in [-0.15, -0.1) is 0 Å². The van der Waals surface area contributed by atoms with Crippen molar-refractivity contribution in [2.24, 2.45) is 0 Å². The van der Waals surface area contributed by atoms with Crippen LogP contribution in [0.1, 0.15) is 89.7 Å². The summed E-state index contributed by atoms with van der Waals surface area (Å²) in [6.45, 7) is 3.43. The summed E-state index contributed by atoms with van der Waals surface area (Å²) in [7, 11) is -3.67. The van der Waals surface area contributed by atoms with E-state index in [1.54, 1.807) is 0 Å². The van der Waals surface area contributed by atoms with Crippen LogP contribution in [-0.2, 0) is 10.1 Å². The fraction of sp³-hybridized carbons (Fsp3) is 0.727. The zero-order valence-corrected chi connectivity index (χ0v) is 15.4. The Hall–Kier alpha value is -1.15. The minimum Gasteiger partial charge on any atom is -0.286 e. The first-order chi connectivity index (χ1) is 11.1. The Balaban J connectivity index is -0.0000000322. The first kappa shape index (κ1) is 56.8. The smallest absolute Gasteiger partial charge is 0.261 e. The van der Waals surface area contributed by atoms with Gasteiger partial charge in [-0.25, -0.2) is 13.2 Å². The van der Waals surface area contributed by atoms with Crippen molar-refractivity contribution < 1.29 is 30.5 Å². The molecule has 3 nitrogen and oxygen atoms in total. The summed E-state index contributed by atoms with van der Waals surface area (Å²) in [6, 6.07) is 10.1. The molecule has 1 N–H and O–H groups in total. The highest BCUT2D eigenvalue weighted by molar-refractivity contribution is 7.85. The quantitative estimate of drug-likeness (QED) is 0.351. The predicted octanol–water partition coefficient (Wildman–Crippen LogP) is 9.11. The van der Waals surface area contributed by atoms with E-state index in [9.17, 15) is 26.0 Å². The number of hydrogen-bond donors (Lipinski definition) is 1. The fourth-order valence-electron chi connectivity index (χ4n) is 1.47. The molecule has 0 aromatic heterocycles. The third-order valence-corrected chi connectivity index (χ3v) is 2.42. The summed E-state index contributed by atoms with van der Waals surface area (Å²) in [6.07, 6.45) is 1.32. The largest absolute Gasteiger partial charge is 0.286 e. The van der Waals surface area contributed by atoms with Crippen molar-refractivity contribution in [1.82, 2.24) is 0 Å². The van der Waals surface area contributed by atoms with Gasteiger partial charge in [0.1, 0.15) is 6.17 Å². The van der Waals surface area contributed by atoms with Gasteiger partial charge < -0.3 is 0 Å².